The lowest BCUT2D eigenvalue weighted by Crippen LogP contribution is -2.34. The minimum atomic E-state index is 0.0604. The number of aryl methyl sites for hydroxylation is 1. The molecule has 0 aliphatic carbocycles. The zero-order chi connectivity index (χ0) is 19.1. The molecule has 3 aromatic rings. The normalized spacial score (nSPS) is 12.1. The van der Waals surface area contributed by atoms with Gasteiger partial charge < -0.3 is 10.2 Å². The molecule has 2 aromatic carbocycles. The van der Waals surface area contributed by atoms with Gasteiger partial charge in [0.05, 0.1) is 17.9 Å². The van der Waals surface area contributed by atoms with Crippen molar-refractivity contribution in [3.63, 3.8) is 0 Å². The van der Waals surface area contributed by atoms with E-state index in [1.165, 1.54) is 5.56 Å². The lowest BCUT2D eigenvalue weighted by molar-refractivity contribution is -0.121. The summed E-state index contributed by atoms with van der Waals surface area (Å²) in [6.07, 6.45) is 4.94. The summed E-state index contributed by atoms with van der Waals surface area (Å²) in [7, 11) is 4.06. The van der Waals surface area contributed by atoms with Crippen LogP contribution in [0.5, 0.6) is 0 Å². The molecule has 0 fully saturated rings. The molecule has 1 atom stereocenters. The van der Waals surface area contributed by atoms with E-state index in [2.05, 4.69) is 27.4 Å². The molecule has 5 nitrogen and oxygen atoms in total. The van der Waals surface area contributed by atoms with Crippen molar-refractivity contribution in [3.05, 3.63) is 84.2 Å². The van der Waals surface area contributed by atoms with Gasteiger partial charge in [0, 0.05) is 19.2 Å². The van der Waals surface area contributed by atoms with E-state index in [4.69, 9.17) is 0 Å². The summed E-state index contributed by atoms with van der Waals surface area (Å²) in [5.74, 6) is 0.0604. The summed E-state index contributed by atoms with van der Waals surface area (Å²) in [4.78, 5) is 14.4. The molecule has 0 aliphatic heterocycles. The number of aromatic nitrogens is 2. The van der Waals surface area contributed by atoms with Gasteiger partial charge in [0.1, 0.15) is 0 Å². The zero-order valence-electron chi connectivity index (χ0n) is 15.9. The Morgan fingerprint density at radius 3 is 2.41 bits per heavy atom. The second kappa shape index (κ2) is 9.14. The number of benzene rings is 2. The molecule has 0 bridgehead atoms. The molecular weight excluding hydrogens is 336 g/mol. The van der Waals surface area contributed by atoms with Crippen molar-refractivity contribution < 1.29 is 4.79 Å². The van der Waals surface area contributed by atoms with Crippen molar-refractivity contribution in [2.75, 3.05) is 20.6 Å². The van der Waals surface area contributed by atoms with Crippen molar-refractivity contribution >= 4 is 5.91 Å². The minimum absolute atomic E-state index is 0.0604. The summed E-state index contributed by atoms with van der Waals surface area (Å²) < 4.78 is 1.84. The quantitative estimate of drug-likeness (QED) is 0.669. The Kier molecular flexibility index (Phi) is 6.39. The second-order valence-electron chi connectivity index (χ2n) is 6.82. The maximum Gasteiger partial charge on any atom is 0.220 e. The van der Waals surface area contributed by atoms with Gasteiger partial charge >= 0.3 is 0 Å². The molecule has 1 amide bonds. The van der Waals surface area contributed by atoms with Gasteiger partial charge in [0.2, 0.25) is 5.91 Å². The van der Waals surface area contributed by atoms with Crippen LogP contribution in [-0.2, 0) is 11.2 Å². The van der Waals surface area contributed by atoms with E-state index in [1.807, 2.05) is 79.7 Å². The van der Waals surface area contributed by atoms with E-state index in [0.29, 0.717) is 19.4 Å². The van der Waals surface area contributed by atoms with Gasteiger partial charge in [0.15, 0.2) is 0 Å². The fourth-order valence-corrected chi connectivity index (χ4v) is 3.04. The van der Waals surface area contributed by atoms with Gasteiger partial charge in [-0.1, -0.05) is 48.5 Å². The smallest absolute Gasteiger partial charge is 0.220 e. The third kappa shape index (κ3) is 5.28. The zero-order valence-corrected chi connectivity index (χ0v) is 15.9. The summed E-state index contributed by atoms with van der Waals surface area (Å²) >= 11 is 0. The predicted molar refractivity (Wildman–Crippen MR) is 108 cm³/mol. The average molecular weight is 362 g/mol. The van der Waals surface area contributed by atoms with Gasteiger partial charge in [-0.15, -0.1) is 0 Å². The monoisotopic (exact) mass is 362 g/mol. The van der Waals surface area contributed by atoms with Crippen molar-refractivity contribution in [1.29, 1.82) is 0 Å². The highest BCUT2D eigenvalue weighted by Crippen LogP contribution is 2.16. The molecule has 0 saturated heterocycles. The van der Waals surface area contributed by atoms with Crippen molar-refractivity contribution in [3.8, 4) is 5.69 Å². The minimum Gasteiger partial charge on any atom is -0.354 e. The van der Waals surface area contributed by atoms with Gasteiger partial charge in [-0.05, 0) is 43.8 Å². The van der Waals surface area contributed by atoms with Crippen molar-refractivity contribution in [2.24, 2.45) is 0 Å². The van der Waals surface area contributed by atoms with Crippen LogP contribution in [0.2, 0.25) is 0 Å². The predicted octanol–water partition coefficient (Wildman–Crippen LogP) is 3.22. The van der Waals surface area contributed by atoms with Gasteiger partial charge in [-0.2, -0.15) is 5.10 Å². The molecule has 27 heavy (non-hydrogen) atoms. The molecule has 0 saturated carbocycles. The third-order valence-corrected chi connectivity index (χ3v) is 4.60. The topological polar surface area (TPSA) is 50.2 Å². The number of nitrogens with one attached hydrogen (secondary N) is 1. The third-order valence-electron chi connectivity index (χ3n) is 4.60. The van der Waals surface area contributed by atoms with E-state index in [9.17, 15) is 4.79 Å². The number of hydrogen-bond donors (Lipinski definition) is 1. The van der Waals surface area contributed by atoms with Gasteiger partial charge in [-0.3, -0.25) is 4.79 Å². The first-order chi connectivity index (χ1) is 13.1. The molecule has 5 heteroatoms. The molecule has 0 unspecified atom stereocenters. The fourth-order valence-electron chi connectivity index (χ4n) is 3.04. The van der Waals surface area contributed by atoms with Crippen LogP contribution in [0, 0.1) is 0 Å². The Labute approximate surface area is 160 Å². The number of nitrogens with zero attached hydrogens (tertiary/aromatic N) is 3. The summed E-state index contributed by atoms with van der Waals surface area (Å²) in [5.41, 5.74) is 3.28. The van der Waals surface area contributed by atoms with Crippen LogP contribution in [0.4, 0.5) is 0 Å². The Morgan fingerprint density at radius 1 is 1.07 bits per heavy atom. The lowest BCUT2D eigenvalue weighted by atomic mass is 10.1. The van der Waals surface area contributed by atoms with E-state index < -0.39 is 0 Å². The Morgan fingerprint density at radius 2 is 1.74 bits per heavy atom. The summed E-state index contributed by atoms with van der Waals surface area (Å²) in [6, 6.07) is 20.4. The number of carbonyl (C=O) groups is 1. The average Bonchev–Trinajstić information content (AvgIpc) is 3.17. The van der Waals surface area contributed by atoms with Crippen LogP contribution in [0.1, 0.15) is 23.6 Å². The van der Waals surface area contributed by atoms with E-state index >= 15 is 0 Å². The highest BCUT2D eigenvalue weighted by molar-refractivity contribution is 5.76. The van der Waals surface area contributed by atoms with Gasteiger partial charge in [0.25, 0.3) is 0 Å². The fraction of sp³-hybridized carbons (Fsp3) is 0.273. The van der Waals surface area contributed by atoms with Crippen molar-refractivity contribution in [1.82, 2.24) is 20.0 Å². The molecule has 140 valence electrons. The first-order valence-corrected chi connectivity index (χ1v) is 9.20. The highest BCUT2D eigenvalue weighted by Gasteiger charge is 2.15. The number of likely N-dealkylation sites (N-methyl/N-ethyl adjacent to an activating group) is 1. The van der Waals surface area contributed by atoms with E-state index in [1.54, 1.807) is 0 Å². The van der Waals surface area contributed by atoms with Gasteiger partial charge in [-0.25, -0.2) is 4.68 Å². The molecule has 1 heterocycles. The molecule has 1 N–H and O–H groups in total. The Hall–Kier alpha value is -2.92. The number of carbonyl (C=O) groups excluding carboxylic acids is 1. The SMILES string of the molecule is CN(C)[C@@H](CNC(=O)CCc1cnn(-c2ccccc2)c1)c1ccccc1. The first-order valence-electron chi connectivity index (χ1n) is 9.20. The standard InChI is InChI=1S/C22H26N4O/c1-25(2)21(19-9-5-3-6-10-19)16-23-22(27)14-13-18-15-24-26(17-18)20-11-7-4-8-12-20/h3-12,15,17,21H,13-14,16H2,1-2H3,(H,23,27)/t21-/m0/s1. The molecule has 0 spiro atoms. The molecule has 0 radical (unpaired) electrons. The first kappa shape index (κ1) is 18.9. The van der Waals surface area contributed by atoms with Crippen LogP contribution in [0.15, 0.2) is 73.1 Å². The van der Waals surface area contributed by atoms with E-state index in [0.717, 1.165) is 11.3 Å². The van der Waals surface area contributed by atoms with Crippen LogP contribution in [0.25, 0.3) is 5.69 Å². The number of rotatable bonds is 8. The molecule has 0 aliphatic rings. The number of para-hydroxylation sites is 1. The highest BCUT2D eigenvalue weighted by atomic mass is 16.1. The maximum atomic E-state index is 12.3. The van der Waals surface area contributed by atoms with Crippen molar-refractivity contribution in [2.45, 2.75) is 18.9 Å². The number of hydrogen-bond acceptors (Lipinski definition) is 3. The largest absolute Gasteiger partial charge is 0.354 e. The molecule has 3 rings (SSSR count). The summed E-state index contributed by atoms with van der Waals surface area (Å²) in [5, 5.41) is 7.44. The Balaban J connectivity index is 1.50. The van der Waals surface area contributed by atoms with Crippen LogP contribution < -0.4 is 5.32 Å². The summed E-state index contributed by atoms with van der Waals surface area (Å²) in [6.45, 7) is 0.596. The molecule has 1 aromatic heterocycles. The maximum absolute atomic E-state index is 12.3. The second-order valence-corrected chi connectivity index (χ2v) is 6.82. The lowest BCUT2D eigenvalue weighted by Gasteiger charge is -2.25. The Bertz CT molecular complexity index is 843. The van der Waals surface area contributed by atoms with Crippen LogP contribution in [0.3, 0.4) is 0 Å². The van der Waals surface area contributed by atoms with E-state index in [-0.39, 0.29) is 11.9 Å². The molecular formula is C22H26N4O. The van der Waals surface area contributed by atoms with Crippen LogP contribution >= 0.6 is 0 Å². The van der Waals surface area contributed by atoms with Crippen LogP contribution in [-0.4, -0.2) is 41.2 Å². The number of amides is 1.